The molecule has 1 unspecified atom stereocenters. The van der Waals surface area contributed by atoms with Crippen molar-refractivity contribution < 1.29 is 14.3 Å². The molecule has 4 rings (SSSR count). The van der Waals surface area contributed by atoms with Crippen molar-refractivity contribution in [2.75, 3.05) is 0 Å². The van der Waals surface area contributed by atoms with E-state index in [1.807, 2.05) is 91.0 Å². The van der Waals surface area contributed by atoms with E-state index in [0.29, 0.717) is 23.1 Å². The van der Waals surface area contributed by atoms with Gasteiger partial charge in [-0.3, -0.25) is 4.79 Å². The average molecular weight is 459 g/mol. The van der Waals surface area contributed by atoms with Crippen molar-refractivity contribution in [1.29, 1.82) is 0 Å². The first-order valence-electron chi connectivity index (χ1n) is 10.5. The van der Waals surface area contributed by atoms with Gasteiger partial charge in [0.1, 0.15) is 18.1 Å². The number of nitrogens with zero attached hydrogens (tertiary/aromatic N) is 1. The summed E-state index contributed by atoms with van der Waals surface area (Å²) in [6, 6.07) is 28.7. The second-order valence-corrected chi connectivity index (χ2v) is 7.93. The molecule has 0 fully saturated rings. The molecule has 6 heteroatoms. The third kappa shape index (κ3) is 6.34. The molecule has 1 amide bonds. The first kappa shape index (κ1) is 22.4. The Bertz CT molecular complexity index is 1270. The number of amides is 1. The third-order valence-corrected chi connectivity index (χ3v) is 5.22. The molecule has 0 saturated carbocycles. The van der Waals surface area contributed by atoms with Gasteiger partial charge >= 0.3 is 0 Å². The molecule has 0 spiro atoms. The molecule has 1 atom stereocenters. The van der Waals surface area contributed by atoms with Gasteiger partial charge in [0.05, 0.1) is 6.21 Å². The van der Waals surface area contributed by atoms with Gasteiger partial charge in [0, 0.05) is 5.02 Å². The molecule has 4 aromatic rings. The topological polar surface area (TPSA) is 59.9 Å². The highest BCUT2D eigenvalue weighted by Gasteiger charge is 2.14. The van der Waals surface area contributed by atoms with Gasteiger partial charge in [-0.2, -0.15) is 5.10 Å². The van der Waals surface area contributed by atoms with E-state index in [4.69, 9.17) is 21.1 Å². The number of carbonyl (C=O) groups is 1. The Labute approximate surface area is 197 Å². The number of rotatable bonds is 8. The zero-order valence-electron chi connectivity index (χ0n) is 18.1. The van der Waals surface area contributed by atoms with E-state index in [1.165, 1.54) is 0 Å². The highest BCUT2D eigenvalue weighted by Crippen LogP contribution is 2.21. The Morgan fingerprint density at radius 2 is 1.73 bits per heavy atom. The summed E-state index contributed by atoms with van der Waals surface area (Å²) in [4.78, 5) is 12.4. The molecule has 4 aromatic carbocycles. The Morgan fingerprint density at radius 1 is 0.939 bits per heavy atom. The molecule has 33 heavy (non-hydrogen) atoms. The lowest BCUT2D eigenvalue weighted by molar-refractivity contribution is -0.127. The van der Waals surface area contributed by atoms with Crippen LogP contribution in [0.5, 0.6) is 11.5 Å². The summed E-state index contributed by atoms with van der Waals surface area (Å²) in [7, 11) is 0. The van der Waals surface area contributed by atoms with Crippen molar-refractivity contribution in [3.63, 3.8) is 0 Å². The molecule has 0 aliphatic rings. The van der Waals surface area contributed by atoms with Gasteiger partial charge in [-0.1, -0.05) is 66.2 Å². The van der Waals surface area contributed by atoms with Crippen LogP contribution in [0.2, 0.25) is 5.02 Å². The standard InChI is InChI=1S/C27H23ClN2O3/c1-19(33-26-14-11-22-6-2-3-7-23(22)16-26)27(31)30-29-17-21-5-4-8-25(15-21)32-18-20-9-12-24(28)13-10-20/h2-17,19H,18H2,1H3,(H,30,31). The quantitative estimate of drug-likeness (QED) is 0.260. The van der Waals surface area contributed by atoms with Crippen LogP contribution in [0.3, 0.4) is 0 Å². The van der Waals surface area contributed by atoms with Crippen molar-refractivity contribution in [3.8, 4) is 11.5 Å². The Kier molecular flexibility index (Phi) is 7.22. The Hall–Kier alpha value is -3.83. The van der Waals surface area contributed by atoms with Crippen LogP contribution in [0.1, 0.15) is 18.1 Å². The smallest absolute Gasteiger partial charge is 0.280 e. The van der Waals surface area contributed by atoms with E-state index in [1.54, 1.807) is 13.1 Å². The van der Waals surface area contributed by atoms with E-state index in [2.05, 4.69) is 10.5 Å². The molecule has 0 aromatic heterocycles. The van der Waals surface area contributed by atoms with E-state index in [0.717, 1.165) is 21.9 Å². The molecule has 0 aliphatic carbocycles. The third-order valence-electron chi connectivity index (χ3n) is 4.97. The van der Waals surface area contributed by atoms with Gasteiger partial charge in [0.25, 0.3) is 5.91 Å². The van der Waals surface area contributed by atoms with Gasteiger partial charge in [-0.25, -0.2) is 5.43 Å². The first-order chi connectivity index (χ1) is 16.1. The largest absolute Gasteiger partial charge is 0.489 e. The summed E-state index contributed by atoms with van der Waals surface area (Å²) < 4.78 is 11.6. The average Bonchev–Trinajstić information content (AvgIpc) is 2.84. The molecule has 0 radical (unpaired) electrons. The molecular formula is C27H23ClN2O3. The van der Waals surface area contributed by atoms with Crippen LogP contribution >= 0.6 is 11.6 Å². The zero-order chi connectivity index (χ0) is 23.0. The Morgan fingerprint density at radius 3 is 2.55 bits per heavy atom. The van der Waals surface area contributed by atoms with Crippen molar-refractivity contribution in [2.24, 2.45) is 5.10 Å². The number of nitrogens with one attached hydrogen (secondary N) is 1. The molecule has 0 saturated heterocycles. The SMILES string of the molecule is CC(Oc1ccc2ccccc2c1)C(=O)NN=Cc1cccc(OCc2ccc(Cl)cc2)c1. The number of hydrazone groups is 1. The summed E-state index contributed by atoms with van der Waals surface area (Å²) in [6.45, 7) is 2.11. The van der Waals surface area contributed by atoms with Crippen LogP contribution in [0.4, 0.5) is 0 Å². The van der Waals surface area contributed by atoms with Gasteiger partial charge in [-0.05, 0) is 65.2 Å². The minimum Gasteiger partial charge on any atom is -0.489 e. The van der Waals surface area contributed by atoms with Crippen LogP contribution in [-0.4, -0.2) is 18.2 Å². The maximum Gasteiger partial charge on any atom is 0.280 e. The minimum absolute atomic E-state index is 0.338. The van der Waals surface area contributed by atoms with Crippen LogP contribution < -0.4 is 14.9 Å². The number of ether oxygens (including phenoxy) is 2. The number of hydrogen-bond donors (Lipinski definition) is 1. The summed E-state index contributed by atoms with van der Waals surface area (Å²) in [6.07, 6.45) is 0.868. The monoisotopic (exact) mass is 458 g/mol. The molecule has 0 heterocycles. The highest BCUT2D eigenvalue weighted by atomic mass is 35.5. The van der Waals surface area contributed by atoms with Gasteiger partial charge in [-0.15, -0.1) is 0 Å². The van der Waals surface area contributed by atoms with Crippen molar-refractivity contribution in [1.82, 2.24) is 5.43 Å². The summed E-state index contributed by atoms with van der Waals surface area (Å²) >= 11 is 5.91. The maximum atomic E-state index is 12.4. The second-order valence-electron chi connectivity index (χ2n) is 7.49. The van der Waals surface area contributed by atoms with Crippen LogP contribution in [0, 0.1) is 0 Å². The number of benzene rings is 4. The number of halogens is 1. The maximum absolute atomic E-state index is 12.4. The number of hydrogen-bond acceptors (Lipinski definition) is 4. The summed E-state index contributed by atoms with van der Waals surface area (Å²) in [5.41, 5.74) is 4.34. The van der Waals surface area contributed by atoms with E-state index >= 15 is 0 Å². The summed E-state index contributed by atoms with van der Waals surface area (Å²) in [5.74, 6) is 0.994. The molecular weight excluding hydrogens is 436 g/mol. The predicted octanol–water partition coefficient (Wildman–Crippen LogP) is 5.99. The van der Waals surface area contributed by atoms with Crippen molar-refractivity contribution >= 4 is 34.5 Å². The first-order valence-corrected chi connectivity index (χ1v) is 10.9. The lowest BCUT2D eigenvalue weighted by atomic mass is 10.1. The lowest BCUT2D eigenvalue weighted by Gasteiger charge is -2.13. The molecule has 1 N–H and O–H groups in total. The Balaban J connectivity index is 1.29. The zero-order valence-corrected chi connectivity index (χ0v) is 18.8. The normalized spacial score (nSPS) is 11.9. The van der Waals surface area contributed by atoms with E-state index in [-0.39, 0.29) is 5.91 Å². The van der Waals surface area contributed by atoms with Crippen molar-refractivity contribution in [2.45, 2.75) is 19.6 Å². The molecule has 166 valence electrons. The number of carbonyl (C=O) groups excluding carboxylic acids is 1. The van der Waals surface area contributed by atoms with Gasteiger partial charge in [0.2, 0.25) is 0 Å². The van der Waals surface area contributed by atoms with Crippen molar-refractivity contribution in [3.05, 3.63) is 107 Å². The summed E-state index contributed by atoms with van der Waals surface area (Å²) in [5, 5.41) is 6.91. The fraction of sp³-hybridized carbons (Fsp3) is 0.111. The molecule has 5 nitrogen and oxygen atoms in total. The number of fused-ring (bicyclic) bond motifs is 1. The lowest BCUT2D eigenvalue weighted by Crippen LogP contribution is -2.33. The molecule has 0 aliphatic heterocycles. The minimum atomic E-state index is -0.697. The van der Waals surface area contributed by atoms with Gasteiger partial charge < -0.3 is 9.47 Å². The van der Waals surface area contributed by atoms with E-state index < -0.39 is 6.10 Å². The van der Waals surface area contributed by atoms with Crippen LogP contribution in [-0.2, 0) is 11.4 Å². The van der Waals surface area contributed by atoms with Crippen LogP contribution in [0.15, 0.2) is 96.1 Å². The predicted molar refractivity (Wildman–Crippen MR) is 132 cm³/mol. The van der Waals surface area contributed by atoms with E-state index in [9.17, 15) is 4.79 Å². The second kappa shape index (κ2) is 10.7. The molecule has 0 bridgehead atoms. The fourth-order valence-corrected chi connectivity index (χ4v) is 3.32. The highest BCUT2D eigenvalue weighted by molar-refractivity contribution is 6.30. The fourth-order valence-electron chi connectivity index (χ4n) is 3.19. The van der Waals surface area contributed by atoms with Crippen LogP contribution in [0.25, 0.3) is 10.8 Å². The van der Waals surface area contributed by atoms with Gasteiger partial charge in [0.15, 0.2) is 6.10 Å².